The number of phenolic OH excluding ortho intramolecular Hbond substituents is 1. The summed E-state index contributed by atoms with van der Waals surface area (Å²) >= 11 is 0. The van der Waals surface area contributed by atoms with Crippen LogP contribution in [0.15, 0.2) is 18.2 Å². The van der Waals surface area contributed by atoms with E-state index >= 15 is 0 Å². The number of hydrogen-bond donors (Lipinski definition) is 1. The average Bonchev–Trinajstić information content (AvgIpc) is 2.63. The van der Waals surface area contributed by atoms with Gasteiger partial charge in [0.1, 0.15) is 17.1 Å². The van der Waals surface area contributed by atoms with Gasteiger partial charge < -0.3 is 9.84 Å². The van der Waals surface area contributed by atoms with Crippen LogP contribution in [-0.2, 0) is 6.42 Å². The Labute approximate surface area is 167 Å². The zero-order valence-corrected chi connectivity index (χ0v) is 18.3. The van der Waals surface area contributed by atoms with E-state index in [4.69, 9.17) is 4.74 Å². The minimum absolute atomic E-state index is 0.129. The predicted molar refractivity (Wildman–Crippen MR) is 116 cm³/mol. The Hall–Kier alpha value is -1.18. The van der Waals surface area contributed by atoms with E-state index in [0.717, 1.165) is 24.2 Å². The zero-order chi connectivity index (χ0) is 19.8. The van der Waals surface area contributed by atoms with Crippen LogP contribution in [0.5, 0.6) is 11.5 Å². The maximum absolute atomic E-state index is 9.68. The van der Waals surface area contributed by atoms with E-state index in [0.29, 0.717) is 5.75 Å². The lowest BCUT2D eigenvalue weighted by molar-refractivity contribution is -0.0489. The number of fused-ring (bicyclic) bond motifs is 1. The van der Waals surface area contributed by atoms with E-state index in [1.165, 1.54) is 70.6 Å². The van der Waals surface area contributed by atoms with Gasteiger partial charge in [0.2, 0.25) is 0 Å². The van der Waals surface area contributed by atoms with E-state index in [9.17, 15) is 5.11 Å². The second-order valence-corrected chi connectivity index (χ2v) is 9.44. The third-order valence-corrected chi connectivity index (χ3v) is 6.84. The Morgan fingerprint density at radius 2 is 1.56 bits per heavy atom. The molecular formula is C25H42O2. The van der Waals surface area contributed by atoms with E-state index in [2.05, 4.69) is 27.7 Å². The van der Waals surface area contributed by atoms with Crippen molar-refractivity contribution in [2.75, 3.05) is 0 Å². The summed E-state index contributed by atoms with van der Waals surface area (Å²) in [6.07, 6.45) is 17.1. The summed E-state index contributed by atoms with van der Waals surface area (Å²) in [6, 6.07) is 5.52. The van der Waals surface area contributed by atoms with Crippen LogP contribution >= 0.6 is 0 Å². The van der Waals surface area contributed by atoms with E-state index < -0.39 is 0 Å². The summed E-state index contributed by atoms with van der Waals surface area (Å²) in [6.45, 7) is 9.29. The third kappa shape index (κ3) is 6.43. The van der Waals surface area contributed by atoms with Crippen molar-refractivity contribution in [1.29, 1.82) is 0 Å². The molecule has 1 unspecified atom stereocenters. The summed E-state index contributed by atoms with van der Waals surface area (Å²) in [5, 5.41) is 9.68. The molecule has 0 amide bonds. The van der Waals surface area contributed by atoms with Gasteiger partial charge in [-0.05, 0) is 49.9 Å². The van der Waals surface area contributed by atoms with Gasteiger partial charge in [-0.15, -0.1) is 0 Å². The molecule has 1 aromatic rings. The highest BCUT2D eigenvalue weighted by atomic mass is 16.5. The first-order valence-electron chi connectivity index (χ1n) is 11.4. The Kier molecular flexibility index (Phi) is 8.51. The summed E-state index contributed by atoms with van der Waals surface area (Å²) < 4.78 is 6.47. The summed E-state index contributed by atoms with van der Waals surface area (Å²) in [5.74, 6) is 1.29. The van der Waals surface area contributed by atoms with Gasteiger partial charge >= 0.3 is 0 Å². The molecule has 0 bridgehead atoms. The first-order chi connectivity index (χ1) is 12.9. The number of aromatic hydroxyl groups is 1. The molecule has 2 rings (SSSR count). The van der Waals surface area contributed by atoms with Crippen LogP contribution in [0, 0.1) is 5.41 Å². The van der Waals surface area contributed by atoms with Crippen LogP contribution in [0.4, 0.5) is 0 Å². The first-order valence-corrected chi connectivity index (χ1v) is 11.4. The minimum Gasteiger partial charge on any atom is -0.508 e. The number of phenols is 1. The number of rotatable bonds is 12. The molecule has 1 aliphatic rings. The van der Waals surface area contributed by atoms with Crippen LogP contribution in [-0.4, -0.2) is 10.7 Å². The molecule has 0 aliphatic carbocycles. The molecule has 0 saturated carbocycles. The van der Waals surface area contributed by atoms with Crippen LogP contribution in [0.2, 0.25) is 0 Å². The van der Waals surface area contributed by atoms with Gasteiger partial charge in [-0.2, -0.15) is 0 Å². The third-order valence-electron chi connectivity index (χ3n) is 6.84. The van der Waals surface area contributed by atoms with Crippen molar-refractivity contribution in [2.24, 2.45) is 5.41 Å². The van der Waals surface area contributed by atoms with Crippen LogP contribution in [0.3, 0.4) is 0 Å². The summed E-state index contributed by atoms with van der Waals surface area (Å²) in [4.78, 5) is 0. The van der Waals surface area contributed by atoms with Gasteiger partial charge in [-0.3, -0.25) is 0 Å². The Morgan fingerprint density at radius 3 is 2.19 bits per heavy atom. The van der Waals surface area contributed by atoms with Crippen LogP contribution < -0.4 is 4.74 Å². The molecule has 2 heteroatoms. The lowest BCUT2D eigenvalue weighted by atomic mass is 9.69. The normalized spacial score (nSPS) is 19.6. The minimum atomic E-state index is -0.129. The van der Waals surface area contributed by atoms with Gasteiger partial charge in [0.05, 0.1) is 0 Å². The lowest BCUT2D eigenvalue weighted by Crippen LogP contribution is -2.49. The van der Waals surface area contributed by atoms with Crippen molar-refractivity contribution in [3.05, 3.63) is 23.8 Å². The van der Waals surface area contributed by atoms with Gasteiger partial charge in [-0.25, -0.2) is 0 Å². The second-order valence-electron chi connectivity index (χ2n) is 9.44. The molecule has 1 aromatic carbocycles. The molecule has 2 nitrogen and oxygen atoms in total. The van der Waals surface area contributed by atoms with Crippen molar-refractivity contribution >= 4 is 0 Å². The summed E-state index contributed by atoms with van der Waals surface area (Å²) in [7, 11) is 0. The zero-order valence-electron chi connectivity index (χ0n) is 18.3. The van der Waals surface area contributed by atoms with Gasteiger partial charge in [0, 0.05) is 5.41 Å². The Bertz CT molecular complexity index is 563. The van der Waals surface area contributed by atoms with Crippen molar-refractivity contribution in [1.82, 2.24) is 0 Å². The quantitative estimate of drug-likeness (QED) is 0.378. The number of ether oxygens (including phenoxy) is 1. The highest BCUT2D eigenvalue weighted by molar-refractivity contribution is 5.41. The topological polar surface area (TPSA) is 29.5 Å². The number of unbranched alkanes of at least 4 members (excludes halogenated alkanes) is 9. The van der Waals surface area contributed by atoms with E-state index in [-0.39, 0.29) is 11.0 Å². The van der Waals surface area contributed by atoms with E-state index in [1.54, 1.807) is 6.07 Å². The fourth-order valence-electron chi connectivity index (χ4n) is 4.32. The number of benzene rings is 1. The molecule has 27 heavy (non-hydrogen) atoms. The predicted octanol–water partition coefficient (Wildman–Crippen LogP) is 7.81. The van der Waals surface area contributed by atoms with Crippen LogP contribution in [0.1, 0.15) is 110 Å². The molecule has 0 spiro atoms. The van der Waals surface area contributed by atoms with Gasteiger partial charge in [0.25, 0.3) is 0 Å². The van der Waals surface area contributed by atoms with Crippen molar-refractivity contribution < 1.29 is 9.84 Å². The van der Waals surface area contributed by atoms with Crippen molar-refractivity contribution in [3.8, 4) is 11.5 Å². The maximum Gasteiger partial charge on any atom is 0.123 e. The number of aryl methyl sites for hydroxylation is 1. The molecule has 1 heterocycles. The molecule has 0 aromatic heterocycles. The lowest BCUT2D eigenvalue weighted by Gasteiger charge is -2.47. The average molecular weight is 375 g/mol. The standard InChI is InChI=1S/C25H42O2/c1-5-6-7-8-9-10-11-12-13-14-18-24(2,3)25(4)19-17-21-20-22(26)15-16-23(21)27-25/h15-16,20,26H,5-14,17-19H2,1-4H3. The molecule has 1 aliphatic heterocycles. The van der Waals surface area contributed by atoms with Crippen molar-refractivity contribution in [3.63, 3.8) is 0 Å². The Balaban J connectivity index is 1.69. The van der Waals surface area contributed by atoms with Crippen molar-refractivity contribution in [2.45, 2.75) is 117 Å². The first kappa shape index (κ1) is 22.1. The SMILES string of the molecule is CCCCCCCCCCCCC(C)(C)C1(C)CCc2cc(O)ccc2O1. The second kappa shape index (κ2) is 10.4. The number of hydrogen-bond acceptors (Lipinski definition) is 2. The molecule has 1 N–H and O–H groups in total. The highest BCUT2D eigenvalue weighted by Crippen LogP contribution is 2.46. The van der Waals surface area contributed by atoms with Crippen LogP contribution in [0.25, 0.3) is 0 Å². The molecule has 154 valence electrons. The monoisotopic (exact) mass is 374 g/mol. The smallest absolute Gasteiger partial charge is 0.123 e. The maximum atomic E-state index is 9.68. The Morgan fingerprint density at radius 1 is 0.963 bits per heavy atom. The fraction of sp³-hybridized carbons (Fsp3) is 0.760. The van der Waals surface area contributed by atoms with Gasteiger partial charge in [0.15, 0.2) is 0 Å². The molecule has 0 radical (unpaired) electrons. The molecule has 0 saturated heterocycles. The fourth-order valence-corrected chi connectivity index (χ4v) is 4.32. The van der Waals surface area contributed by atoms with E-state index in [1.807, 2.05) is 12.1 Å². The summed E-state index contributed by atoms with van der Waals surface area (Å²) in [5.41, 5.74) is 1.17. The van der Waals surface area contributed by atoms with Gasteiger partial charge in [-0.1, -0.05) is 85.0 Å². The molecule has 1 atom stereocenters. The largest absolute Gasteiger partial charge is 0.508 e. The highest BCUT2D eigenvalue weighted by Gasteiger charge is 2.44. The molecular weight excluding hydrogens is 332 g/mol. The molecule has 0 fully saturated rings.